The quantitative estimate of drug-likeness (QED) is 0.408. The molecule has 7 heteroatoms. The number of aromatic nitrogens is 4. The zero-order valence-corrected chi connectivity index (χ0v) is 18.6. The topological polar surface area (TPSA) is 64.7 Å². The van der Waals surface area contributed by atoms with Crippen molar-refractivity contribution in [3.63, 3.8) is 0 Å². The van der Waals surface area contributed by atoms with Crippen LogP contribution in [0, 0.1) is 6.92 Å². The van der Waals surface area contributed by atoms with Crippen LogP contribution in [0.4, 0.5) is 5.69 Å². The Labute approximate surface area is 186 Å². The van der Waals surface area contributed by atoms with Crippen LogP contribution < -0.4 is 5.32 Å². The SMILES string of the molecule is Cc1cccc(-c2nnc(SCC(=O)Nc3ccc(C(C)C)cc3)n2-n2cccc2)c1. The van der Waals surface area contributed by atoms with Gasteiger partial charge in [0.05, 0.1) is 5.75 Å². The Bertz CT molecular complexity index is 1160. The lowest BCUT2D eigenvalue weighted by Crippen LogP contribution is -2.16. The number of amides is 1. The van der Waals surface area contributed by atoms with Crippen molar-refractivity contribution in [1.82, 2.24) is 19.5 Å². The molecule has 1 N–H and O–H groups in total. The fourth-order valence-electron chi connectivity index (χ4n) is 3.27. The Morgan fingerprint density at radius 3 is 2.45 bits per heavy atom. The molecule has 0 fully saturated rings. The van der Waals surface area contributed by atoms with Crippen LogP contribution in [0.25, 0.3) is 11.4 Å². The first-order valence-electron chi connectivity index (χ1n) is 10.2. The maximum atomic E-state index is 12.5. The number of carbonyl (C=O) groups is 1. The molecule has 0 aliphatic carbocycles. The van der Waals surface area contributed by atoms with Crippen LogP contribution in [0.5, 0.6) is 0 Å². The van der Waals surface area contributed by atoms with Crippen molar-refractivity contribution in [2.24, 2.45) is 0 Å². The number of rotatable bonds is 7. The van der Waals surface area contributed by atoms with E-state index in [1.165, 1.54) is 17.3 Å². The molecule has 158 valence electrons. The first-order chi connectivity index (χ1) is 15.0. The summed E-state index contributed by atoms with van der Waals surface area (Å²) in [4.78, 5) is 12.5. The number of hydrogen-bond donors (Lipinski definition) is 1. The van der Waals surface area contributed by atoms with Crippen molar-refractivity contribution in [3.05, 3.63) is 84.2 Å². The number of hydrogen-bond acceptors (Lipinski definition) is 4. The number of aryl methyl sites for hydroxylation is 1. The fourth-order valence-corrected chi connectivity index (χ4v) is 4.00. The van der Waals surface area contributed by atoms with Crippen LogP contribution in [0.15, 0.2) is 78.2 Å². The van der Waals surface area contributed by atoms with E-state index in [1.54, 1.807) is 0 Å². The van der Waals surface area contributed by atoms with Gasteiger partial charge in [0, 0.05) is 23.6 Å². The first kappa shape index (κ1) is 20.9. The molecule has 1 amide bonds. The molecule has 2 heterocycles. The molecule has 0 saturated heterocycles. The van der Waals surface area contributed by atoms with Gasteiger partial charge in [0.25, 0.3) is 0 Å². The highest BCUT2D eigenvalue weighted by Crippen LogP contribution is 2.25. The van der Waals surface area contributed by atoms with Gasteiger partial charge in [-0.1, -0.05) is 61.5 Å². The molecule has 0 radical (unpaired) electrons. The van der Waals surface area contributed by atoms with Gasteiger partial charge in [-0.05, 0) is 48.7 Å². The van der Waals surface area contributed by atoms with Gasteiger partial charge in [-0.3, -0.25) is 9.47 Å². The van der Waals surface area contributed by atoms with Crippen LogP contribution >= 0.6 is 11.8 Å². The summed E-state index contributed by atoms with van der Waals surface area (Å²) in [5, 5.41) is 12.4. The van der Waals surface area contributed by atoms with E-state index in [-0.39, 0.29) is 11.7 Å². The summed E-state index contributed by atoms with van der Waals surface area (Å²) in [7, 11) is 0. The number of carbonyl (C=O) groups excluding carboxylic acids is 1. The summed E-state index contributed by atoms with van der Waals surface area (Å²) in [5.41, 5.74) is 4.16. The largest absolute Gasteiger partial charge is 0.325 e. The fraction of sp³-hybridized carbons (Fsp3) is 0.208. The maximum absolute atomic E-state index is 12.5. The summed E-state index contributed by atoms with van der Waals surface area (Å²) in [6.07, 6.45) is 3.87. The summed E-state index contributed by atoms with van der Waals surface area (Å²) in [5.74, 6) is 1.34. The average molecular weight is 432 g/mol. The second kappa shape index (κ2) is 9.22. The van der Waals surface area contributed by atoms with Crippen molar-refractivity contribution in [3.8, 4) is 11.4 Å². The molecule has 31 heavy (non-hydrogen) atoms. The molecule has 2 aromatic heterocycles. The van der Waals surface area contributed by atoms with Crippen molar-refractivity contribution in [1.29, 1.82) is 0 Å². The van der Waals surface area contributed by atoms with E-state index < -0.39 is 0 Å². The average Bonchev–Trinajstić information content (AvgIpc) is 3.42. The second-order valence-electron chi connectivity index (χ2n) is 7.66. The van der Waals surface area contributed by atoms with Gasteiger partial charge in [0.2, 0.25) is 11.1 Å². The number of anilines is 1. The number of benzene rings is 2. The number of thioether (sulfide) groups is 1. The van der Waals surface area contributed by atoms with E-state index in [9.17, 15) is 4.79 Å². The molecular weight excluding hydrogens is 406 g/mol. The van der Waals surface area contributed by atoms with Crippen LogP contribution in [-0.2, 0) is 4.79 Å². The van der Waals surface area contributed by atoms with Crippen LogP contribution in [0.2, 0.25) is 0 Å². The molecule has 6 nitrogen and oxygen atoms in total. The molecule has 0 spiro atoms. The normalized spacial score (nSPS) is 11.1. The van der Waals surface area contributed by atoms with Crippen LogP contribution in [-0.4, -0.2) is 31.2 Å². The van der Waals surface area contributed by atoms with Gasteiger partial charge in [0.1, 0.15) is 0 Å². The Balaban J connectivity index is 1.51. The van der Waals surface area contributed by atoms with Crippen molar-refractivity contribution < 1.29 is 4.79 Å². The zero-order chi connectivity index (χ0) is 21.8. The van der Waals surface area contributed by atoms with E-state index in [1.807, 2.05) is 83.3 Å². The zero-order valence-electron chi connectivity index (χ0n) is 17.8. The van der Waals surface area contributed by atoms with Gasteiger partial charge in [-0.15, -0.1) is 10.2 Å². The molecule has 0 atom stereocenters. The van der Waals surface area contributed by atoms with Crippen LogP contribution in [0.1, 0.15) is 30.9 Å². The van der Waals surface area contributed by atoms with Gasteiger partial charge in [-0.2, -0.15) is 0 Å². The van der Waals surface area contributed by atoms with Crippen molar-refractivity contribution in [2.45, 2.75) is 31.8 Å². The minimum atomic E-state index is -0.0820. The van der Waals surface area contributed by atoms with E-state index in [2.05, 4.69) is 35.4 Å². The molecule has 4 rings (SSSR count). The third-order valence-electron chi connectivity index (χ3n) is 4.90. The molecule has 0 aliphatic heterocycles. The van der Waals surface area contributed by atoms with Crippen molar-refractivity contribution in [2.75, 3.05) is 11.1 Å². The highest BCUT2D eigenvalue weighted by atomic mass is 32.2. The summed E-state index contributed by atoms with van der Waals surface area (Å²) in [6, 6.07) is 20.0. The highest BCUT2D eigenvalue weighted by Gasteiger charge is 2.17. The van der Waals surface area contributed by atoms with E-state index >= 15 is 0 Å². The van der Waals surface area contributed by atoms with Gasteiger partial charge in [0.15, 0.2) is 5.82 Å². The van der Waals surface area contributed by atoms with Gasteiger partial charge in [-0.25, -0.2) is 4.68 Å². The molecule has 4 aromatic rings. The Morgan fingerprint density at radius 2 is 1.77 bits per heavy atom. The Kier molecular flexibility index (Phi) is 6.23. The third kappa shape index (κ3) is 4.88. The third-order valence-corrected chi connectivity index (χ3v) is 5.82. The van der Waals surface area contributed by atoms with Crippen LogP contribution in [0.3, 0.4) is 0 Å². The van der Waals surface area contributed by atoms with E-state index in [0.29, 0.717) is 11.1 Å². The monoisotopic (exact) mass is 431 g/mol. The van der Waals surface area contributed by atoms with E-state index in [0.717, 1.165) is 22.6 Å². The predicted octanol–water partition coefficient (Wildman–Crippen LogP) is 5.22. The second-order valence-corrected chi connectivity index (χ2v) is 8.61. The van der Waals surface area contributed by atoms with E-state index in [4.69, 9.17) is 0 Å². The molecule has 0 aliphatic rings. The van der Waals surface area contributed by atoms with Crippen molar-refractivity contribution >= 4 is 23.4 Å². The van der Waals surface area contributed by atoms with Gasteiger partial charge >= 0.3 is 0 Å². The lowest BCUT2D eigenvalue weighted by atomic mass is 10.0. The lowest BCUT2D eigenvalue weighted by molar-refractivity contribution is -0.113. The molecule has 0 saturated carbocycles. The minimum Gasteiger partial charge on any atom is -0.325 e. The summed E-state index contributed by atoms with van der Waals surface area (Å²) in [6.45, 7) is 6.35. The maximum Gasteiger partial charge on any atom is 0.234 e. The first-order valence-corrected chi connectivity index (χ1v) is 11.2. The highest BCUT2D eigenvalue weighted by molar-refractivity contribution is 7.99. The Hall–Kier alpha value is -3.32. The standard InChI is InChI=1S/C24H25N5OS/c1-17(2)19-9-11-21(12-10-19)25-22(30)16-31-24-27-26-23(20-8-6-7-18(3)15-20)29(24)28-13-4-5-14-28/h4-15,17H,16H2,1-3H3,(H,25,30). The molecule has 2 aromatic carbocycles. The molecule has 0 bridgehead atoms. The lowest BCUT2D eigenvalue weighted by Gasteiger charge is -2.12. The number of nitrogens with one attached hydrogen (secondary N) is 1. The minimum absolute atomic E-state index is 0.0820. The summed E-state index contributed by atoms with van der Waals surface area (Å²) >= 11 is 1.36. The molecular formula is C24H25N5OS. The predicted molar refractivity (Wildman–Crippen MR) is 125 cm³/mol. The Morgan fingerprint density at radius 1 is 1.03 bits per heavy atom. The number of nitrogens with zero attached hydrogens (tertiary/aromatic N) is 4. The molecule has 0 unspecified atom stereocenters. The summed E-state index contributed by atoms with van der Waals surface area (Å²) < 4.78 is 3.84. The smallest absolute Gasteiger partial charge is 0.234 e. The van der Waals surface area contributed by atoms with Gasteiger partial charge < -0.3 is 5.32 Å².